The van der Waals surface area contributed by atoms with Crippen LogP contribution >= 0.6 is 0 Å². The Morgan fingerprint density at radius 2 is 1.43 bits per heavy atom. The molecular weight excluding hydrogens is 502 g/mol. The van der Waals surface area contributed by atoms with Crippen LogP contribution < -0.4 is 13.8 Å². The first kappa shape index (κ1) is 26.1. The maximum atomic E-state index is 13.0. The highest BCUT2D eigenvalue weighted by molar-refractivity contribution is 7.92. The van der Waals surface area contributed by atoms with Gasteiger partial charge in [-0.2, -0.15) is 26.3 Å². The van der Waals surface area contributed by atoms with Crippen molar-refractivity contribution in [2.75, 3.05) is 16.7 Å². The molecule has 0 saturated carbocycles. The summed E-state index contributed by atoms with van der Waals surface area (Å²) in [5.41, 5.74) is -0.326. The summed E-state index contributed by atoms with van der Waals surface area (Å²) in [6, 6.07) is 16.2. The summed E-state index contributed by atoms with van der Waals surface area (Å²) in [6.45, 7) is -2.46. The Kier molecular flexibility index (Phi) is 7.78. The van der Waals surface area contributed by atoms with Gasteiger partial charge in [0.15, 0.2) is 12.4 Å². The summed E-state index contributed by atoms with van der Waals surface area (Å²) < 4.78 is 113. The number of benzene rings is 2. The van der Waals surface area contributed by atoms with Crippen molar-refractivity contribution in [2.24, 2.45) is 0 Å². The van der Waals surface area contributed by atoms with E-state index in [0.717, 1.165) is 6.20 Å². The molecule has 0 aliphatic carbocycles. The normalized spacial score (nSPS) is 12.3. The number of aromatic nitrogens is 1. The fourth-order valence-electron chi connectivity index (χ4n) is 2.92. The van der Waals surface area contributed by atoms with Gasteiger partial charge in [0, 0.05) is 11.8 Å². The van der Waals surface area contributed by atoms with Gasteiger partial charge < -0.3 is 9.47 Å². The minimum absolute atomic E-state index is 0.160. The van der Waals surface area contributed by atoms with Gasteiger partial charge >= 0.3 is 12.4 Å². The lowest BCUT2D eigenvalue weighted by Gasteiger charge is -2.26. The number of halogens is 6. The van der Waals surface area contributed by atoms with E-state index in [1.807, 2.05) is 0 Å². The predicted octanol–water partition coefficient (Wildman–Crippen LogP) is 5.71. The molecule has 0 aliphatic heterocycles. The number of alkyl halides is 6. The average molecular weight is 520 g/mol. The van der Waals surface area contributed by atoms with Crippen molar-refractivity contribution in [1.29, 1.82) is 0 Å². The molecule has 0 N–H and O–H groups in total. The molecule has 3 rings (SSSR count). The summed E-state index contributed by atoms with van der Waals surface area (Å²) in [6.07, 6.45) is -8.65. The Morgan fingerprint density at radius 1 is 0.800 bits per heavy atom. The summed E-state index contributed by atoms with van der Waals surface area (Å²) in [7, 11) is -5.00. The van der Waals surface area contributed by atoms with Crippen molar-refractivity contribution in [3.05, 3.63) is 78.5 Å². The summed E-state index contributed by atoms with van der Waals surface area (Å²) in [5, 5.41) is 0. The third-order valence-corrected chi connectivity index (χ3v) is 6.03. The van der Waals surface area contributed by atoms with Gasteiger partial charge in [0.25, 0.3) is 0 Å². The second-order valence-electron chi connectivity index (χ2n) is 7.16. The molecule has 6 nitrogen and oxygen atoms in total. The molecule has 1 heterocycles. The Morgan fingerprint density at radius 3 is 2.03 bits per heavy atom. The molecule has 0 spiro atoms. The predicted molar refractivity (Wildman–Crippen MR) is 115 cm³/mol. The molecule has 0 amide bonds. The minimum Gasteiger partial charge on any atom is -0.468 e. The third kappa shape index (κ3) is 8.05. The van der Waals surface area contributed by atoms with Crippen LogP contribution in [0.5, 0.6) is 17.4 Å². The smallest absolute Gasteiger partial charge is 0.422 e. The van der Waals surface area contributed by atoms with E-state index in [0.29, 0.717) is 10.1 Å². The van der Waals surface area contributed by atoms with Crippen LogP contribution in [0.2, 0.25) is 0 Å². The fourth-order valence-corrected chi connectivity index (χ4v) is 4.27. The zero-order valence-electron chi connectivity index (χ0n) is 17.8. The van der Waals surface area contributed by atoms with Crippen LogP contribution in [-0.2, 0) is 16.6 Å². The van der Waals surface area contributed by atoms with Gasteiger partial charge in [-0.05, 0) is 42.5 Å². The van der Waals surface area contributed by atoms with E-state index < -0.39 is 47.2 Å². The van der Waals surface area contributed by atoms with E-state index in [4.69, 9.17) is 4.74 Å². The van der Waals surface area contributed by atoms with E-state index in [9.17, 15) is 34.8 Å². The maximum Gasteiger partial charge on any atom is 0.422 e. The highest BCUT2D eigenvalue weighted by atomic mass is 32.2. The first-order valence-electron chi connectivity index (χ1n) is 9.86. The number of ether oxygens (including phenoxy) is 2. The Bertz CT molecular complexity index is 1220. The quantitative estimate of drug-likeness (QED) is 0.338. The first-order chi connectivity index (χ1) is 16.3. The molecule has 0 aliphatic rings. The van der Waals surface area contributed by atoms with Gasteiger partial charge in [0.2, 0.25) is 15.9 Å². The van der Waals surface area contributed by atoms with Crippen LogP contribution in [0.1, 0.15) is 5.56 Å². The molecule has 0 unspecified atom stereocenters. The van der Waals surface area contributed by atoms with E-state index in [2.05, 4.69) is 9.72 Å². The average Bonchev–Trinajstić information content (AvgIpc) is 2.76. The van der Waals surface area contributed by atoms with E-state index >= 15 is 0 Å². The van der Waals surface area contributed by atoms with Gasteiger partial charge in [0.1, 0.15) is 11.5 Å². The van der Waals surface area contributed by atoms with Gasteiger partial charge in [0.05, 0.1) is 12.2 Å². The van der Waals surface area contributed by atoms with E-state index in [1.54, 1.807) is 30.3 Å². The number of hydrogen-bond donors (Lipinski definition) is 0. The number of rotatable bonds is 9. The highest BCUT2D eigenvalue weighted by Crippen LogP contribution is 2.31. The summed E-state index contributed by atoms with van der Waals surface area (Å²) in [4.78, 5) is 3.66. The Hall–Kier alpha value is -3.48. The van der Waals surface area contributed by atoms with E-state index in [-0.39, 0.29) is 17.0 Å². The number of para-hydroxylation sites is 1. The van der Waals surface area contributed by atoms with Gasteiger partial charge in [-0.3, -0.25) is 4.31 Å². The van der Waals surface area contributed by atoms with Crippen LogP contribution in [0, 0.1) is 0 Å². The number of sulfonamides is 1. The third-order valence-electron chi connectivity index (χ3n) is 4.32. The monoisotopic (exact) mass is 520 g/mol. The molecule has 0 radical (unpaired) electrons. The number of hydrogen-bond acceptors (Lipinski definition) is 5. The number of nitrogens with zero attached hydrogens (tertiary/aromatic N) is 2. The van der Waals surface area contributed by atoms with E-state index in [1.165, 1.54) is 36.4 Å². The molecule has 13 heteroatoms. The van der Waals surface area contributed by atoms with Gasteiger partial charge in [-0.1, -0.05) is 24.3 Å². The van der Waals surface area contributed by atoms with Crippen LogP contribution in [0.4, 0.5) is 32.0 Å². The first-order valence-corrected chi connectivity index (χ1v) is 11.5. The largest absolute Gasteiger partial charge is 0.468 e. The topological polar surface area (TPSA) is 68.7 Å². The van der Waals surface area contributed by atoms with Crippen molar-refractivity contribution in [2.45, 2.75) is 18.9 Å². The highest BCUT2D eigenvalue weighted by Gasteiger charge is 2.39. The maximum absolute atomic E-state index is 13.0. The van der Waals surface area contributed by atoms with Crippen molar-refractivity contribution in [3.8, 4) is 17.4 Å². The molecule has 35 heavy (non-hydrogen) atoms. The molecular formula is C22H18F6N2O4S. The lowest BCUT2D eigenvalue weighted by atomic mass is 10.2. The van der Waals surface area contributed by atoms with Crippen molar-refractivity contribution >= 4 is 15.7 Å². The molecule has 0 fully saturated rings. The molecule has 2 aromatic carbocycles. The number of anilines is 1. The second kappa shape index (κ2) is 10.4. The molecule has 188 valence electrons. The summed E-state index contributed by atoms with van der Waals surface area (Å²) >= 11 is 0. The Balaban J connectivity index is 1.93. The van der Waals surface area contributed by atoms with Crippen LogP contribution in [0.25, 0.3) is 0 Å². The standard InChI is InChI=1S/C22H18F6N2O4S/c23-21(24,25)14-33-20-16(5-4-12-29-20)13-30(35(31,32)15-22(26,27)28)17-8-10-19(11-9-17)34-18-6-2-1-3-7-18/h1-12H,13-15H2. The molecule has 0 saturated heterocycles. The zero-order chi connectivity index (χ0) is 25.7. The SMILES string of the molecule is O=S(=O)(CC(F)(F)F)N(Cc1cccnc1OCC(F)(F)F)c1ccc(Oc2ccccc2)cc1. The van der Waals surface area contributed by atoms with Crippen molar-refractivity contribution < 1.29 is 44.2 Å². The van der Waals surface area contributed by atoms with Crippen molar-refractivity contribution in [1.82, 2.24) is 4.98 Å². The van der Waals surface area contributed by atoms with Crippen LogP contribution in [0.3, 0.4) is 0 Å². The fraction of sp³-hybridized carbons (Fsp3) is 0.227. The minimum atomic E-state index is -5.06. The number of pyridine rings is 1. The zero-order valence-corrected chi connectivity index (χ0v) is 18.6. The van der Waals surface area contributed by atoms with Gasteiger partial charge in [-0.15, -0.1) is 0 Å². The Labute approximate surface area is 196 Å². The lowest BCUT2D eigenvalue weighted by Crippen LogP contribution is -2.37. The lowest BCUT2D eigenvalue weighted by molar-refractivity contribution is -0.154. The second-order valence-corrected chi connectivity index (χ2v) is 9.05. The summed E-state index contributed by atoms with van der Waals surface area (Å²) in [5.74, 6) is -1.98. The van der Waals surface area contributed by atoms with Gasteiger partial charge in [-0.25, -0.2) is 13.4 Å². The van der Waals surface area contributed by atoms with Crippen LogP contribution in [0.15, 0.2) is 72.9 Å². The van der Waals surface area contributed by atoms with Crippen LogP contribution in [-0.4, -0.2) is 38.1 Å². The molecule has 3 aromatic rings. The van der Waals surface area contributed by atoms with Crippen molar-refractivity contribution in [3.63, 3.8) is 0 Å². The molecule has 0 atom stereocenters. The molecule has 0 bridgehead atoms. The molecule has 1 aromatic heterocycles.